The van der Waals surface area contributed by atoms with Gasteiger partial charge in [0, 0.05) is 12.1 Å². The molecule has 0 aliphatic carbocycles. The van der Waals surface area contributed by atoms with Crippen molar-refractivity contribution in [2.75, 3.05) is 7.05 Å². The van der Waals surface area contributed by atoms with E-state index in [2.05, 4.69) is 13.8 Å². The lowest BCUT2D eigenvalue weighted by molar-refractivity contribution is -0.151. The van der Waals surface area contributed by atoms with Gasteiger partial charge >= 0.3 is 5.97 Å². The zero-order valence-electron chi connectivity index (χ0n) is 9.07. The third-order valence-electron chi connectivity index (χ3n) is 1.98. The minimum absolute atomic E-state index is 0.177. The minimum Gasteiger partial charge on any atom is -0.443 e. The van der Waals surface area contributed by atoms with Crippen LogP contribution in [0.3, 0.4) is 0 Å². The summed E-state index contributed by atoms with van der Waals surface area (Å²) in [5, 5.41) is 0. The Kier molecular flexibility index (Phi) is 5.39. The Bertz CT molecular complexity index is 187. The molecule has 1 unspecified atom stereocenters. The van der Waals surface area contributed by atoms with E-state index in [1.54, 1.807) is 13.0 Å². The minimum atomic E-state index is -0.289. The van der Waals surface area contributed by atoms with E-state index < -0.39 is 0 Å². The van der Waals surface area contributed by atoms with E-state index in [0.717, 1.165) is 0 Å². The Morgan fingerprint density at radius 2 is 1.92 bits per heavy atom. The van der Waals surface area contributed by atoms with Crippen molar-refractivity contribution in [3.8, 4) is 0 Å². The molecule has 0 aliphatic heterocycles. The summed E-state index contributed by atoms with van der Waals surface area (Å²) in [5.41, 5.74) is 0. The number of esters is 1. The Labute approximate surface area is 80.4 Å². The fourth-order valence-corrected chi connectivity index (χ4v) is 0.846. The lowest BCUT2D eigenvalue weighted by atomic mass is 10.3. The first-order valence-electron chi connectivity index (χ1n) is 4.54. The normalized spacial score (nSPS) is 14.1. The van der Waals surface area contributed by atoms with Crippen molar-refractivity contribution in [1.29, 1.82) is 0 Å². The maximum absolute atomic E-state index is 11.0. The largest absolute Gasteiger partial charge is 0.443 e. The molecule has 0 rings (SSSR count). The van der Waals surface area contributed by atoms with Gasteiger partial charge in [-0.3, -0.25) is 4.90 Å². The van der Waals surface area contributed by atoms with E-state index in [-0.39, 0.29) is 12.2 Å². The Balaban J connectivity index is 3.99. The zero-order chi connectivity index (χ0) is 10.4. The van der Waals surface area contributed by atoms with Crippen LogP contribution in [0.4, 0.5) is 0 Å². The number of carbonyl (C=O) groups is 1. The van der Waals surface area contributed by atoms with Gasteiger partial charge in [-0.1, -0.05) is 6.08 Å². The van der Waals surface area contributed by atoms with Gasteiger partial charge in [-0.15, -0.1) is 0 Å². The molecule has 76 valence electrons. The fourth-order valence-electron chi connectivity index (χ4n) is 0.846. The third-order valence-corrected chi connectivity index (χ3v) is 1.98. The van der Waals surface area contributed by atoms with Crippen LogP contribution in [0.15, 0.2) is 12.2 Å². The van der Waals surface area contributed by atoms with Gasteiger partial charge in [0.1, 0.15) is 0 Å². The highest BCUT2D eigenvalue weighted by molar-refractivity contribution is 5.81. The van der Waals surface area contributed by atoms with Crippen LogP contribution in [-0.4, -0.2) is 30.2 Å². The monoisotopic (exact) mass is 185 g/mol. The van der Waals surface area contributed by atoms with Crippen molar-refractivity contribution >= 4 is 5.97 Å². The molecule has 0 heterocycles. The van der Waals surface area contributed by atoms with Crippen LogP contribution in [0.1, 0.15) is 27.7 Å². The van der Waals surface area contributed by atoms with Crippen molar-refractivity contribution < 1.29 is 9.53 Å². The fraction of sp³-hybridized carbons (Fsp3) is 0.700. The van der Waals surface area contributed by atoms with Crippen LogP contribution in [0.25, 0.3) is 0 Å². The molecule has 0 spiro atoms. The topological polar surface area (TPSA) is 29.5 Å². The molecule has 13 heavy (non-hydrogen) atoms. The number of carbonyl (C=O) groups excluding carboxylic acids is 1. The first-order chi connectivity index (χ1) is 5.99. The summed E-state index contributed by atoms with van der Waals surface area (Å²) in [6.07, 6.45) is 2.92. The summed E-state index contributed by atoms with van der Waals surface area (Å²) >= 11 is 0. The second kappa shape index (κ2) is 5.75. The predicted molar refractivity (Wildman–Crippen MR) is 53.3 cm³/mol. The van der Waals surface area contributed by atoms with Gasteiger partial charge in [0.2, 0.25) is 0 Å². The average Bonchev–Trinajstić information content (AvgIpc) is 2.03. The van der Waals surface area contributed by atoms with E-state index >= 15 is 0 Å². The highest BCUT2D eigenvalue weighted by Gasteiger charge is 2.14. The van der Waals surface area contributed by atoms with Crippen molar-refractivity contribution in [2.24, 2.45) is 0 Å². The molecule has 0 radical (unpaired) electrons. The van der Waals surface area contributed by atoms with Crippen molar-refractivity contribution in [3.05, 3.63) is 12.2 Å². The van der Waals surface area contributed by atoms with Crippen LogP contribution in [-0.2, 0) is 9.53 Å². The molecule has 3 heteroatoms. The van der Waals surface area contributed by atoms with Gasteiger partial charge in [-0.25, -0.2) is 4.79 Å². The van der Waals surface area contributed by atoms with Crippen molar-refractivity contribution in [2.45, 2.75) is 40.0 Å². The molecule has 0 aromatic carbocycles. The standard InChI is InChI=1S/C10H19NO2/c1-6-7-10(12)13-9(4)11(5)8(2)3/h6-9H,1-5H3/b7-6-. The molecular weight excluding hydrogens is 166 g/mol. The first-order valence-corrected chi connectivity index (χ1v) is 4.54. The number of ether oxygens (including phenoxy) is 1. The van der Waals surface area contributed by atoms with Gasteiger partial charge in [-0.2, -0.15) is 0 Å². The number of hydrogen-bond acceptors (Lipinski definition) is 3. The van der Waals surface area contributed by atoms with E-state index in [4.69, 9.17) is 4.74 Å². The quantitative estimate of drug-likeness (QED) is 0.380. The average molecular weight is 185 g/mol. The van der Waals surface area contributed by atoms with E-state index in [0.29, 0.717) is 6.04 Å². The van der Waals surface area contributed by atoms with Crippen LogP contribution in [0.2, 0.25) is 0 Å². The second-order valence-electron chi connectivity index (χ2n) is 3.30. The molecule has 3 nitrogen and oxygen atoms in total. The highest BCUT2D eigenvalue weighted by Crippen LogP contribution is 2.03. The Hall–Kier alpha value is -0.830. The molecule has 0 aliphatic rings. The SMILES string of the molecule is C/C=C\C(=O)OC(C)N(C)C(C)C. The maximum Gasteiger partial charge on any atom is 0.331 e. The summed E-state index contributed by atoms with van der Waals surface area (Å²) in [5.74, 6) is -0.289. The molecule has 0 fully saturated rings. The lowest BCUT2D eigenvalue weighted by Gasteiger charge is -2.27. The van der Waals surface area contributed by atoms with Gasteiger partial charge in [0.05, 0.1) is 0 Å². The number of nitrogens with zero attached hydrogens (tertiary/aromatic N) is 1. The zero-order valence-corrected chi connectivity index (χ0v) is 9.07. The van der Waals surface area contributed by atoms with E-state index in [9.17, 15) is 4.79 Å². The van der Waals surface area contributed by atoms with E-state index in [1.807, 2.05) is 18.9 Å². The Morgan fingerprint density at radius 3 is 2.31 bits per heavy atom. The number of allylic oxidation sites excluding steroid dienone is 1. The van der Waals surface area contributed by atoms with Crippen LogP contribution in [0.5, 0.6) is 0 Å². The molecule has 0 bridgehead atoms. The summed E-state index contributed by atoms with van der Waals surface area (Å²) < 4.78 is 5.11. The van der Waals surface area contributed by atoms with Crippen LogP contribution >= 0.6 is 0 Å². The molecule has 1 atom stereocenters. The molecule has 0 N–H and O–H groups in total. The molecule has 0 saturated carbocycles. The van der Waals surface area contributed by atoms with E-state index in [1.165, 1.54) is 6.08 Å². The van der Waals surface area contributed by atoms with Crippen LogP contribution in [0, 0.1) is 0 Å². The molecule has 0 aromatic heterocycles. The molecule has 0 amide bonds. The molecular formula is C10H19NO2. The molecule has 0 saturated heterocycles. The van der Waals surface area contributed by atoms with Crippen LogP contribution < -0.4 is 0 Å². The van der Waals surface area contributed by atoms with Gasteiger partial charge in [0.25, 0.3) is 0 Å². The van der Waals surface area contributed by atoms with Gasteiger partial charge in [0.15, 0.2) is 6.23 Å². The summed E-state index contributed by atoms with van der Waals surface area (Å²) in [4.78, 5) is 13.0. The number of rotatable bonds is 4. The summed E-state index contributed by atoms with van der Waals surface area (Å²) in [6.45, 7) is 7.76. The second-order valence-corrected chi connectivity index (χ2v) is 3.30. The summed E-state index contributed by atoms with van der Waals surface area (Å²) in [6, 6.07) is 0.369. The lowest BCUT2D eigenvalue weighted by Crippen LogP contribution is -2.37. The smallest absolute Gasteiger partial charge is 0.331 e. The van der Waals surface area contributed by atoms with Gasteiger partial charge in [-0.05, 0) is 34.7 Å². The highest BCUT2D eigenvalue weighted by atomic mass is 16.6. The van der Waals surface area contributed by atoms with Crippen molar-refractivity contribution in [1.82, 2.24) is 4.90 Å². The maximum atomic E-state index is 11.0. The molecule has 0 aromatic rings. The third kappa shape index (κ3) is 4.68. The van der Waals surface area contributed by atoms with Gasteiger partial charge < -0.3 is 4.74 Å². The van der Waals surface area contributed by atoms with Crippen molar-refractivity contribution in [3.63, 3.8) is 0 Å². The first kappa shape index (κ1) is 12.2. The predicted octanol–water partition coefficient (Wildman–Crippen LogP) is 1.79. The number of hydrogen-bond donors (Lipinski definition) is 0. The summed E-state index contributed by atoms with van der Waals surface area (Å²) in [7, 11) is 1.93. The Morgan fingerprint density at radius 1 is 1.38 bits per heavy atom.